The molecule has 2 saturated heterocycles. The van der Waals surface area contributed by atoms with Crippen LogP contribution in [0.2, 0.25) is 0 Å². The highest BCUT2D eigenvalue weighted by molar-refractivity contribution is 7.09. The Hall–Kier alpha value is -1.61. The number of Topliss-reactive ketones (excluding diaryl/α,β-unsaturated/α-hetero) is 1. The zero-order valence-corrected chi connectivity index (χ0v) is 23.6. The molecule has 0 spiro atoms. The number of esters is 1. The van der Waals surface area contributed by atoms with Crippen molar-refractivity contribution in [3.8, 4) is 0 Å². The standard InChI is InChI=1S/C28H43NO6S/c1-8-20-25(32)16(2)10-9-11-28(7)23(35-28)13-21(17(3)12-19-15-36-18(4)29-19)34-24(31)14-22(30)27(5,6)26(20)33/h12,15-16,20-23,25,30,32H,8-11,13-14H2,1-7H3/b17-12+/t16-,20-,21+,22+,23-,25-,28-/m1/s1. The molecular formula is C28H43NO6S. The van der Waals surface area contributed by atoms with E-state index in [1.807, 2.05) is 39.2 Å². The molecule has 7 nitrogen and oxygen atoms in total. The van der Waals surface area contributed by atoms with E-state index in [2.05, 4.69) is 11.9 Å². The predicted molar refractivity (Wildman–Crippen MR) is 140 cm³/mol. The summed E-state index contributed by atoms with van der Waals surface area (Å²) >= 11 is 1.56. The van der Waals surface area contributed by atoms with Crippen molar-refractivity contribution in [1.29, 1.82) is 0 Å². The monoisotopic (exact) mass is 521 g/mol. The zero-order valence-electron chi connectivity index (χ0n) is 22.7. The minimum atomic E-state index is -1.23. The van der Waals surface area contributed by atoms with E-state index in [1.54, 1.807) is 25.2 Å². The van der Waals surface area contributed by atoms with Crippen molar-refractivity contribution in [1.82, 2.24) is 4.98 Å². The number of carbonyl (C=O) groups excluding carboxylic acids is 2. The van der Waals surface area contributed by atoms with Crippen LogP contribution in [-0.2, 0) is 19.1 Å². The summed E-state index contributed by atoms with van der Waals surface area (Å²) in [4.78, 5) is 30.9. The van der Waals surface area contributed by atoms with E-state index in [9.17, 15) is 19.8 Å². The fraction of sp³-hybridized carbons (Fsp3) is 0.750. The Kier molecular flexibility index (Phi) is 9.18. The van der Waals surface area contributed by atoms with Gasteiger partial charge < -0.3 is 19.7 Å². The molecule has 3 heterocycles. The summed E-state index contributed by atoms with van der Waals surface area (Å²) in [7, 11) is 0. The highest BCUT2D eigenvalue weighted by atomic mass is 32.1. The van der Waals surface area contributed by atoms with E-state index >= 15 is 0 Å². The largest absolute Gasteiger partial charge is 0.458 e. The molecule has 0 saturated carbocycles. The molecule has 0 aliphatic carbocycles. The molecule has 36 heavy (non-hydrogen) atoms. The number of aromatic nitrogens is 1. The Morgan fingerprint density at radius 3 is 2.58 bits per heavy atom. The number of epoxide rings is 1. The Bertz CT molecular complexity index is 971. The summed E-state index contributed by atoms with van der Waals surface area (Å²) in [5, 5.41) is 24.9. The summed E-state index contributed by atoms with van der Waals surface area (Å²) in [6.07, 6.45) is 2.49. The molecule has 0 bridgehead atoms. The van der Waals surface area contributed by atoms with Crippen LogP contribution in [0.1, 0.15) is 90.8 Å². The number of thiazole rings is 1. The van der Waals surface area contributed by atoms with Crippen LogP contribution in [0.4, 0.5) is 0 Å². The number of fused-ring (bicyclic) bond motifs is 1. The quantitative estimate of drug-likeness (QED) is 0.431. The second-order valence-corrected chi connectivity index (χ2v) is 12.6. The van der Waals surface area contributed by atoms with Gasteiger partial charge in [-0.2, -0.15) is 0 Å². The second kappa shape index (κ2) is 11.4. The van der Waals surface area contributed by atoms with E-state index in [4.69, 9.17) is 9.47 Å². The highest BCUT2D eigenvalue weighted by Gasteiger charge is 2.53. The number of aryl methyl sites for hydroxylation is 1. The molecule has 2 fully saturated rings. The molecular weight excluding hydrogens is 478 g/mol. The van der Waals surface area contributed by atoms with Gasteiger partial charge in [-0.3, -0.25) is 9.59 Å². The Labute approximate surface area is 219 Å². The zero-order chi connectivity index (χ0) is 26.8. The molecule has 8 heteroatoms. The molecule has 0 amide bonds. The summed E-state index contributed by atoms with van der Waals surface area (Å²) < 4.78 is 12.0. The fourth-order valence-corrected chi connectivity index (χ4v) is 5.86. The molecule has 0 unspecified atom stereocenters. The van der Waals surface area contributed by atoms with Crippen LogP contribution in [0.15, 0.2) is 11.0 Å². The number of aliphatic hydroxyl groups is 2. The number of hydrogen-bond donors (Lipinski definition) is 2. The van der Waals surface area contributed by atoms with Gasteiger partial charge in [-0.15, -0.1) is 11.3 Å². The Morgan fingerprint density at radius 2 is 1.97 bits per heavy atom. The van der Waals surface area contributed by atoms with Crippen molar-refractivity contribution in [3.63, 3.8) is 0 Å². The van der Waals surface area contributed by atoms with Crippen LogP contribution in [0.3, 0.4) is 0 Å². The maximum Gasteiger partial charge on any atom is 0.309 e. The Balaban J connectivity index is 1.87. The Morgan fingerprint density at radius 1 is 1.28 bits per heavy atom. The predicted octanol–water partition coefficient (Wildman–Crippen LogP) is 4.87. The third-order valence-corrected chi connectivity index (χ3v) is 8.98. The van der Waals surface area contributed by atoms with Crippen molar-refractivity contribution in [2.75, 3.05) is 0 Å². The van der Waals surface area contributed by atoms with Gasteiger partial charge in [0.2, 0.25) is 0 Å². The smallest absolute Gasteiger partial charge is 0.309 e. The lowest BCUT2D eigenvalue weighted by Gasteiger charge is -2.35. The first-order valence-corrected chi connectivity index (χ1v) is 14.0. The van der Waals surface area contributed by atoms with Gasteiger partial charge in [0.05, 0.1) is 46.5 Å². The molecule has 0 radical (unpaired) electrons. The number of ketones is 1. The van der Waals surface area contributed by atoms with Crippen LogP contribution in [-0.4, -0.2) is 57.0 Å². The second-order valence-electron chi connectivity index (χ2n) is 11.5. The van der Waals surface area contributed by atoms with E-state index in [1.165, 1.54) is 0 Å². The van der Waals surface area contributed by atoms with Crippen LogP contribution in [0.5, 0.6) is 0 Å². The van der Waals surface area contributed by atoms with Crippen LogP contribution >= 0.6 is 11.3 Å². The summed E-state index contributed by atoms with van der Waals surface area (Å²) in [5.41, 5.74) is 0.183. The van der Waals surface area contributed by atoms with Gasteiger partial charge >= 0.3 is 5.97 Å². The van der Waals surface area contributed by atoms with E-state index in [0.29, 0.717) is 12.8 Å². The molecule has 1 aromatic heterocycles. The molecule has 1 aromatic rings. The van der Waals surface area contributed by atoms with E-state index in [-0.39, 0.29) is 29.8 Å². The first kappa shape index (κ1) is 29.0. The fourth-order valence-electron chi connectivity index (χ4n) is 5.29. The number of ether oxygens (including phenoxy) is 2. The van der Waals surface area contributed by atoms with Gasteiger partial charge in [0.15, 0.2) is 0 Å². The maximum absolute atomic E-state index is 13.4. The first-order valence-electron chi connectivity index (χ1n) is 13.2. The van der Waals surface area contributed by atoms with Gasteiger partial charge in [0.1, 0.15) is 11.9 Å². The third kappa shape index (κ3) is 6.63. The van der Waals surface area contributed by atoms with Crippen LogP contribution < -0.4 is 0 Å². The topological polar surface area (TPSA) is 109 Å². The number of hydrogen-bond acceptors (Lipinski definition) is 8. The lowest BCUT2D eigenvalue weighted by atomic mass is 9.71. The van der Waals surface area contributed by atoms with Crippen molar-refractivity contribution in [3.05, 3.63) is 21.7 Å². The number of rotatable bonds is 3. The molecule has 2 aliphatic rings. The molecule has 3 rings (SSSR count). The maximum atomic E-state index is 13.4. The molecule has 7 atom stereocenters. The highest BCUT2D eigenvalue weighted by Crippen LogP contribution is 2.45. The minimum absolute atomic E-state index is 0.0460. The van der Waals surface area contributed by atoms with Gasteiger partial charge in [0.25, 0.3) is 0 Å². The van der Waals surface area contributed by atoms with Crippen molar-refractivity contribution >= 4 is 29.2 Å². The number of nitrogens with zero attached hydrogens (tertiary/aromatic N) is 1. The van der Waals surface area contributed by atoms with Gasteiger partial charge in [0, 0.05) is 17.7 Å². The first-order chi connectivity index (χ1) is 16.8. The van der Waals surface area contributed by atoms with Gasteiger partial charge in [-0.1, -0.05) is 34.1 Å². The molecule has 202 valence electrons. The molecule has 2 aliphatic heterocycles. The average molecular weight is 522 g/mol. The van der Waals surface area contributed by atoms with Crippen LogP contribution in [0, 0.1) is 24.2 Å². The summed E-state index contributed by atoms with van der Waals surface area (Å²) in [6.45, 7) is 13.1. The van der Waals surface area contributed by atoms with E-state index in [0.717, 1.165) is 35.5 Å². The van der Waals surface area contributed by atoms with E-state index < -0.39 is 35.6 Å². The lowest BCUT2D eigenvalue weighted by molar-refractivity contribution is -0.154. The van der Waals surface area contributed by atoms with Crippen molar-refractivity contribution < 1.29 is 29.3 Å². The normalized spacial score (nSPS) is 36.8. The number of aliphatic hydroxyl groups excluding tert-OH is 2. The average Bonchev–Trinajstić information content (AvgIpc) is 3.24. The molecule has 0 aromatic carbocycles. The summed E-state index contributed by atoms with van der Waals surface area (Å²) in [5.74, 6) is -1.45. The minimum Gasteiger partial charge on any atom is -0.458 e. The van der Waals surface area contributed by atoms with Gasteiger partial charge in [-0.05, 0) is 57.6 Å². The molecule has 2 N–H and O–H groups in total. The van der Waals surface area contributed by atoms with Crippen molar-refractivity contribution in [2.24, 2.45) is 17.3 Å². The van der Waals surface area contributed by atoms with Gasteiger partial charge in [-0.25, -0.2) is 4.98 Å². The van der Waals surface area contributed by atoms with Crippen molar-refractivity contribution in [2.45, 2.75) is 117 Å². The SMILES string of the molecule is CC[C@H]1C(=O)C(C)(C)[C@@H](O)CC(=O)O[C@H](/C(C)=C/c2csc(C)n2)C[C@H]2O[C@]2(C)CCC[C@@H](C)[C@H]1O. The number of carbonyl (C=O) groups is 2. The lowest BCUT2D eigenvalue weighted by Crippen LogP contribution is -2.46. The van der Waals surface area contributed by atoms with Crippen LogP contribution in [0.25, 0.3) is 6.08 Å². The number of cyclic esters (lactones) is 1. The third-order valence-electron chi connectivity index (χ3n) is 8.19. The summed E-state index contributed by atoms with van der Waals surface area (Å²) in [6, 6.07) is 0.